The van der Waals surface area contributed by atoms with Crippen molar-refractivity contribution in [3.8, 4) is 11.5 Å². The van der Waals surface area contributed by atoms with Crippen LogP contribution >= 0.6 is 0 Å². The quantitative estimate of drug-likeness (QED) is 0.745. The smallest absolute Gasteiger partial charge is 0.347 e. The van der Waals surface area contributed by atoms with Crippen LogP contribution in [0.15, 0.2) is 54.6 Å². The molecule has 2 aromatic carbocycles. The van der Waals surface area contributed by atoms with Gasteiger partial charge >= 0.3 is 5.97 Å². The minimum Gasteiger partial charge on any atom is -0.497 e. The number of hydrogen-bond acceptors (Lipinski definition) is 5. The van der Waals surface area contributed by atoms with Crippen molar-refractivity contribution in [2.75, 3.05) is 13.7 Å². The summed E-state index contributed by atoms with van der Waals surface area (Å²) in [6.45, 7) is 1.57. The Balaban J connectivity index is 1.70. The number of benzene rings is 2. The molecule has 0 spiro atoms. The summed E-state index contributed by atoms with van der Waals surface area (Å²) in [7, 11) is 1.59. The summed E-state index contributed by atoms with van der Waals surface area (Å²) in [6, 6.07) is 16.3. The Morgan fingerprint density at radius 2 is 1.68 bits per heavy atom. The molecule has 0 aliphatic carbocycles. The fourth-order valence-corrected chi connectivity index (χ4v) is 2.00. The monoisotopic (exact) mass is 343 g/mol. The summed E-state index contributed by atoms with van der Waals surface area (Å²) in [5.74, 6) is 0.340. The number of esters is 1. The van der Waals surface area contributed by atoms with Crippen molar-refractivity contribution in [1.29, 1.82) is 0 Å². The zero-order valence-electron chi connectivity index (χ0n) is 14.2. The number of hydrogen-bond donors (Lipinski definition) is 1. The minimum absolute atomic E-state index is 0.344. The topological polar surface area (TPSA) is 73.9 Å². The van der Waals surface area contributed by atoms with E-state index in [1.165, 1.54) is 0 Å². The second kappa shape index (κ2) is 9.32. The molecular formula is C19H21NO5. The number of ether oxygens (including phenoxy) is 3. The van der Waals surface area contributed by atoms with Crippen molar-refractivity contribution in [2.45, 2.75) is 19.6 Å². The maximum atomic E-state index is 11.9. The van der Waals surface area contributed by atoms with Crippen LogP contribution < -0.4 is 14.8 Å². The molecule has 1 amide bonds. The molecule has 132 valence electrons. The highest BCUT2D eigenvalue weighted by Gasteiger charge is 2.17. The van der Waals surface area contributed by atoms with Crippen LogP contribution in [0.1, 0.15) is 12.5 Å². The molecular weight excluding hydrogens is 322 g/mol. The number of amides is 1. The fourth-order valence-electron chi connectivity index (χ4n) is 2.00. The minimum atomic E-state index is -0.795. The highest BCUT2D eigenvalue weighted by Crippen LogP contribution is 2.12. The molecule has 0 saturated heterocycles. The molecule has 0 aromatic heterocycles. The molecule has 2 aromatic rings. The van der Waals surface area contributed by atoms with Crippen LogP contribution in [0, 0.1) is 0 Å². The Kier molecular flexibility index (Phi) is 6.83. The summed E-state index contributed by atoms with van der Waals surface area (Å²) in [4.78, 5) is 23.6. The van der Waals surface area contributed by atoms with Gasteiger partial charge in [0.1, 0.15) is 11.5 Å². The predicted octanol–water partition coefficient (Wildman–Crippen LogP) is 2.32. The molecule has 0 aliphatic heterocycles. The highest BCUT2D eigenvalue weighted by molar-refractivity contribution is 5.81. The first-order valence-electron chi connectivity index (χ1n) is 7.86. The second-order valence-electron chi connectivity index (χ2n) is 5.31. The van der Waals surface area contributed by atoms with E-state index in [-0.39, 0.29) is 12.5 Å². The summed E-state index contributed by atoms with van der Waals surface area (Å²) in [5.41, 5.74) is 0.918. The summed E-state index contributed by atoms with van der Waals surface area (Å²) in [5, 5.41) is 2.68. The van der Waals surface area contributed by atoms with Crippen molar-refractivity contribution < 1.29 is 23.8 Å². The van der Waals surface area contributed by atoms with Gasteiger partial charge in [0.2, 0.25) is 0 Å². The summed E-state index contributed by atoms with van der Waals surface area (Å²) < 4.78 is 15.5. The van der Waals surface area contributed by atoms with Crippen molar-refractivity contribution >= 4 is 11.9 Å². The van der Waals surface area contributed by atoms with Gasteiger partial charge in [-0.25, -0.2) is 4.79 Å². The van der Waals surface area contributed by atoms with Gasteiger partial charge in [-0.3, -0.25) is 4.79 Å². The van der Waals surface area contributed by atoms with Gasteiger partial charge in [0.05, 0.1) is 7.11 Å². The van der Waals surface area contributed by atoms with Gasteiger partial charge < -0.3 is 19.5 Å². The van der Waals surface area contributed by atoms with E-state index >= 15 is 0 Å². The van der Waals surface area contributed by atoms with Crippen molar-refractivity contribution in [3.05, 3.63) is 60.2 Å². The number of para-hydroxylation sites is 1. The van der Waals surface area contributed by atoms with Gasteiger partial charge in [0, 0.05) is 6.54 Å². The average Bonchev–Trinajstić information content (AvgIpc) is 2.65. The van der Waals surface area contributed by atoms with E-state index in [0.717, 1.165) is 11.3 Å². The van der Waals surface area contributed by atoms with Gasteiger partial charge in [0.25, 0.3) is 5.91 Å². The van der Waals surface area contributed by atoms with E-state index in [0.29, 0.717) is 12.3 Å². The number of carbonyl (C=O) groups is 2. The van der Waals surface area contributed by atoms with E-state index in [2.05, 4.69) is 5.32 Å². The zero-order chi connectivity index (χ0) is 18.1. The van der Waals surface area contributed by atoms with E-state index in [4.69, 9.17) is 14.2 Å². The van der Waals surface area contributed by atoms with Gasteiger partial charge in [-0.2, -0.15) is 0 Å². The fraction of sp³-hybridized carbons (Fsp3) is 0.263. The number of methoxy groups -OCH3 is 1. The standard InChI is InChI=1S/C19H21NO5/c1-14(25-17-6-4-3-5-7-17)19(22)24-13-18(21)20-12-15-8-10-16(23-2)11-9-15/h3-11,14H,12-13H2,1-2H3,(H,20,21)/t14-/m1/s1. The molecule has 0 radical (unpaired) electrons. The van der Waals surface area contributed by atoms with Crippen LogP contribution in [0.5, 0.6) is 11.5 Å². The number of rotatable bonds is 8. The van der Waals surface area contributed by atoms with Crippen molar-refractivity contribution in [3.63, 3.8) is 0 Å². The van der Waals surface area contributed by atoms with Crippen LogP contribution in [0.25, 0.3) is 0 Å². The summed E-state index contributed by atoms with van der Waals surface area (Å²) in [6.07, 6.45) is -0.795. The third-order valence-electron chi connectivity index (χ3n) is 3.38. The Morgan fingerprint density at radius 3 is 2.32 bits per heavy atom. The Bertz CT molecular complexity index is 685. The van der Waals surface area contributed by atoms with Crippen LogP contribution in [-0.2, 0) is 20.9 Å². The zero-order valence-corrected chi connectivity index (χ0v) is 14.2. The molecule has 6 nitrogen and oxygen atoms in total. The molecule has 25 heavy (non-hydrogen) atoms. The normalized spacial score (nSPS) is 11.3. The predicted molar refractivity (Wildman–Crippen MR) is 92.3 cm³/mol. The lowest BCUT2D eigenvalue weighted by atomic mass is 10.2. The first-order chi connectivity index (χ1) is 12.1. The Morgan fingerprint density at radius 1 is 1.00 bits per heavy atom. The van der Waals surface area contributed by atoms with Crippen LogP contribution in [-0.4, -0.2) is 31.7 Å². The summed E-state index contributed by atoms with van der Waals surface area (Å²) >= 11 is 0. The molecule has 0 aliphatic rings. The first-order valence-corrected chi connectivity index (χ1v) is 7.86. The lowest BCUT2D eigenvalue weighted by Gasteiger charge is -2.14. The SMILES string of the molecule is COc1ccc(CNC(=O)COC(=O)[C@@H](C)Oc2ccccc2)cc1. The molecule has 1 atom stereocenters. The Labute approximate surface area is 146 Å². The van der Waals surface area contributed by atoms with E-state index in [1.807, 2.05) is 30.3 Å². The highest BCUT2D eigenvalue weighted by atomic mass is 16.6. The maximum Gasteiger partial charge on any atom is 0.347 e. The van der Waals surface area contributed by atoms with Crippen molar-refractivity contribution in [2.24, 2.45) is 0 Å². The third kappa shape index (κ3) is 6.18. The number of carbonyl (C=O) groups excluding carboxylic acids is 2. The largest absolute Gasteiger partial charge is 0.497 e. The number of nitrogens with one attached hydrogen (secondary N) is 1. The van der Waals surface area contributed by atoms with Crippen LogP contribution in [0.3, 0.4) is 0 Å². The molecule has 1 N–H and O–H groups in total. The van der Waals surface area contributed by atoms with E-state index < -0.39 is 12.1 Å². The molecule has 2 rings (SSSR count). The molecule has 0 saturated carbocycles. The van der Waals surface area contributed by atoms with Crippen LogP contribution in [0.4, 0.5) is 0 Å². The van der Waals surface area contributed by atoms with E-state index in [1.54, 1.807) is 38.3 Å². The average molecular weight is 343 g/mol. The lowest BCUT2D eigenvalue weighted by molar-refractivity contribution is -0.154. The van der Waals surface area contributed by atoms with Gasteiger partial charge in [-0.05, 0) is 36.8 Å². The van der Waals surface area contributed by atoms with Crippen molar-refractivity contribution in [1.82, 2.24) is 5.32 Å². The second-order valence-corrected chi connectivity index (χ2v) is 5.31. The lowest BCUT2D eigenvalue weighted by Crippen LogP contribution is -2.32. The molecule has 0 bridgehead atoms. The maximum absolute atomic E-state index is 11.9. The van der Waals surface area contributed by atoms with Gasteiger partial charge in [-0.15, -0.1) is 0 Å². The molecule has 0 fully saturated rings. The molecule has 0 heterocycles. The van der Waals surface area contributed by atoms with Gasteiger partial charge in [-0.1, -0.05) is 30.3 Å². The molecule has 6 heteroatoms. The molecule has 0 unspecified atom stereocenters. The van der Waals surface area contributed by atoms with Crippen LogP contribution in [0.2, 0.25) is 0 Å². The third-order valence-corrected chi connectivity index (χ3v) is 3.38. The van der Waals surface area contributed by atoms with E-state index in [9.17, 15) is 9.59 Å². The first kappa shape index (κ1) is 18.3. The Hall–Kier alpha value is -3.02. The van der Waals surface area contributed by atoms with Gasteiger partial charge in [0.15, 0.2) is 12.7 Å².